The van der Waals surface area contributed by atoms with E-state index in [-0.39, 0.29) is 11.3 Å². The summed E-state index contributed by atoms with van der Waals surface area (Å²) in [6, 6.07) is 11.4. The Morgan fingerprint density at radius 1 is 1.06 bits per heavy atom. The van der Waals surface area contributed by atoms with Crippen molar-refractivity contribution in [3.8, 4) is 11.5 Å². The summed E-state index contributed by atoms with van der Waals surface area (Å²) in [4.78, 5) is 31.6. The van der Waals surface area contributed by atoms with Gasteiger partial charge < -0.3 is 14.6 Å². The van der Waals surface area contributed by atoms with Crippen LogP contribution in [-0.4, -0.2) is 36.0 Å². The van der Waals surface area contributed by atoms with Gasteiger partial charge in [0.25, 0.3) is 5.78 Å². The van der Waals surface area contributed by atoms with Gasteiger partial charge in [-0.15, -0.1) is 11.3 Å². The van der Waals surface area contributed by atoms with Gasteiger partial charge in [0.05, 0.1) is 25.8 Å². The minimum Gasteiger partial charge on any atom is -0.507 e. The fraction of sp³-hybridized carbons (Fsp3) is 0.174. The first-order chi connectivity index (χ1) is 15.0. The Bertz CT molecular complexity index is 1170. The number of rotatable bonds is 5. The monoisotopic (exact) mass is 436 g/mol. The number of aliphatic hydroxyl groups is 1. The maximum Gasteiger partial charge on any atom is 0.301 e. The van der Waals surface area contributed by atoms with Crippen molar-refractivity contribution in [1.29, 1.82) is 0 Å². The summed E-state index contributed by atoms with van der Waals surface area (Å²) in [5.41, 5.74) is 2.04. The zero-order chi connectivity index (χ0) is 22.1. The number of benzene rings is 2. The molecule has 31 heavy (non-hydrogen) atoms. The van der Waals surface area contributed by atoms with E-state index >= 15 is 0 Å². The van der Waals surface area contributed by atoms with Crippen molar-refractivity contribution in [3.63, 3.8) is 0 Å². The number of aromatic nitrogens is 1. The zero-order valence-corrected chi connectivity index (χ0v) is 18.0. The van der Waals surface area contributed by atoms with E-state index in [1.807, 2.05) is 19.1 Å². The SMILES string of the molecule is COc1ccc(C2/C(=C(\O)c3ccc(C)cc3)C(=O)C(=O)N2c2nccs2)cc1OC. The number of ether oxygens (including phenoxy) is 2. The molecule has 1 atom stereocenters. The van der Waals surface area contributed by atoms with Crippen LogP contribution in [-0.2, 0) is 9.59 Å². The number of hydrogen-bond donors (Lipinski definition) is 1. The predicted molar refractivity (Wildman–Crippen MR) is 118 cm³/mol. The summed E-state index contributed by atoms with van der Waals surface area (Å²) < 4.78 is 10.7. The number of hydrogen-bond acceptors (Lipinski definition) is 7. The molecule has 1 fully saturated rings. The van der Waals surface area contributed by atoms with Gasteiger partial charge >= 0.3 is 5.91 Å². The van der Waals surface area contributed by atoms with Crippen LogP contribution in [0.4, 0.5) is 5.13 Å². The van der Waals surface area contributed by atoms with Crippen LogP contribution in [0, 0.1) is 6.92 Å². The third-order valence-electron chi connectivity index (χ3n) is 5.12. The number of aliphatic hydroxyl groups excluding tert-OH is 1. The Balaban J connectivity index is 1.94. The number of nitrogens with zero attached hydrogens (tertiary/aromatic N) is 2. The van der Waals surface area contributed by atoms with E-state index in [1.54, 1.807) is 41.9 Å². The molecule has 1 aliphatic rings. The lowest BCUT2D eigenvalue weighted by atomic mass is 9.95. The third-order valence-corrected chi connectivity index (χ3v) is 5.89. The molecule has 2 heterocycles. The van der Waals surface area contributed by atoms with E-state index in [9.17, 15) is 14.7 Å². The van der Waals surface area contributed by atoms with Crippen molar-refractivity contribution in [1.82, 2.24) is 4.98 Å². The second kappa shape index (κ2) is 8.23. The Kier molecular flexibility index (Phi) is 5.48. The van der Waals surface area contributed by atoms with Crippen LogP contribution in [0.2, 0.25) is 0 Å². The molecule has 1 N–H and O–H groups in total. The summed E-state index contributed by atoms with van der Waals surface area (Å²) in [5.74, 6) is -0.801. The molecule has 0 bridgehead atoms. The maximum atomic E-state index is 13.1. The number of aryl methyl sites for hydroxylation is 1. The molecule has 1 saturated heterocycles. The molecule has 0 spiro atoms. The van der Waals surface area contributed by atoms with Crippen molar-refractivity contribution in [2.24, 2.45) is 0 Å². The van der Waals surface area contributed by atoms with Gasteiger partial charge in [0.15, 0.2) is 16.6 Å². The lowest BCUT2D eigenvalue weighted by Gasteiger charge is -2.23. The van der Waals surface area contributed by atoms with Crippen molar-refractivity contribution >= 4 is 33.9 Å². The largest absolute Gasteiger partial charge is 0.507 e. The average molecular weight is 436 g/mol. The Morgan fingerprint density at radius 3 is 2.39 bits per heavy atom. The second-order valence-electron chi connectivity index (χ2n) is 6.96. The Hall–Kier alpha value is -3.65. The molecule has 1 aliphatic heterocycles. The van der Waals surface area contributed by atoms with Crippen molar-refractivity contribution in [2.75, 3.05) is 19.1 Å². The van der Waals surface area contributed by atoms with E-state index < -0.39 is 17.7 Å². The number of methoxy groups -OCH3 is 2. The fourth-order valence-corrected chi connectivity index (χ4v) is 4.24. The number of thiazole rings is 1. The summed E-state index contributed by atoms with van der Waals surface area (Å²) in [6.07, 6.45) is 1.56. The number of carbonyl (C=O) groups is 2. The summed E-state index contributed by atoms with van der Waals surface area (Å²) >= 11 is 1.24. The van der Waals surface area contributed by atoms with E-state index in [4.69, 9.17) is 9.47 Å². The number of anilines is 1. The van der Waals surface area contributed by atoms with E-state index in [0.29, 0.717) is 27.8 Å². The average Bonchev–Trinajstić information content (AvgIpc) is 3.40. The molecule has 0 radical (unpaired) electrons. The van der Waals surface area contributed by atoms with Crippen molar-refractivity contribution in [3.05, 3.63) is 76.3 Å². The summed E-state index contributed by atoms with van der Waals surface area (Å²) in [7, 11) is 3.03. The first-order valence-corrected chi connectivity index (χ1v) is 10.3. The predicted octanol–water partition coefficient (Wildman–Crippen LogP) is 4.10. The Morgan fingerprint density at radius 2 is 1.77 bits per heavy atom. The molecule has 4 rings (SSSR count). The minimum atomic E-state index is -0.868. The number of Topliss-reactive ketones (excluding diaryl/α,β-unsaturated/α-hetero) is 1. The lowest BCUT2D eigenvalue weighted by molar-refractivity contribution is -0.132. The lowest BCUT2D eigenvalue weighted by Crippen LogP contribution is -2.29. The first kappa shape index (κ1) is 20.6. The van der Waals surface area contributed by atoms with Gasteiger partial charge in [-0.2, -0.15) is 0 Å². The maximum absolute atomic E-state index is 13.1. The van der Waals surface area contributed by atoms with Crippen LogP contribution in [0.15, 0.2) is 59.6 Å². The fourth-order valence-electron chi connectivity index (χ4n) is 3.57. The van der Waals surface area contributed by atoms with Crippen LogP contribution in [0.1, 0.15) is 22.7 Å². The van der Waals surface area contributed by atoms with Crippen molar-refractivity contribution < 1.29 is 24.2 Å². The number of carbonyl (C=O) groups excluding carboxylic acids is 2. The highest BCUT2D eigenvalue weighted by atomic mass is 32.1. The smallest absolute Gasteiger partial charge is 0.301 e. The van der Waals surface area contributed by atoms with Gasteiger partial charge in [0.1, 0.15) is 5.76 Å². The van der Waals surface area contributed by atoms with Gasteiger partial charge in [-0.05, 0) is 24.6 Å². The van der Waals surface area contributed by atoms with E-state index in [0.717, 1.165) is 5.56 Å². The summed E-state index contributed by atoms with van der Waals surface area (Å²) in [5, 5.41) is 13.2. The van der Waals surface area contributed by atoms with Crippen LogP contribution >= 0.6 is 11.3 Å². The minimum absolute atomic E-state index is 0.00345. The topological polar surface area (TPSA) is 89.0 Å². The van der Waals surface area contributed by atoms with Crippen LogP contribution in [0.5, 0.6) is 11.5 Å². The number of ketones is 1. The van der Waals surface area contributed by atoms with Crippen LogP contribution < -0.4 is 14.4 Å². The normalized spacial score (nSPS) is 17.8. The summed E-state index contributed by atoms with van der Waals surface area (Å²) in [6.45, 7) is 1.93. The molecular formula is C23H20N2O5S. The molecular weight excluding hydrogens is 416 g/mol. The molecule has 8 heteroatoms. The van der Waals surface area contributed by atoms with Crippen molar-refractivity contribution in [2.45, 2.75) is 13.0 Å². The van der Waals surface area contributed by atoms with Gasteiger partial charge in [0.2, 0.25) is 0 Å². The molecule has 1 unspecified atom stereocenters. The number of amides is 1. The van der Waals surface area contributed by atoms with E-state index in [2.05, 4.69) is 4.98 Å². The standard InChI is InChI=1S/C23H20N2O5S/c1-13-4-6-14(7-5-13)20(26)18-19(15-8-9-16(29-2)17(12-15)30-3)25(22(28)21(18)27)23-24-10-11-31-23/h4-12,19,26H,1-3H3/b20-18+. The van der Waals surface area contributed by atoms with Gasteiger partial charge in [0, 0.05) is 17.1 Å². The molecule has 1 amide bonds. The van der Waals surface area contributed by atoms with Gasteiger partial charge in [-0.1, -0.05) is 35.9 Å². The van der Waals surface area contributed by atoms with Gasteiger partial charge in [-0.25, -0.2) is 4.98 Å². The quantitative estimate of drug-likeness (QED) is 0.368. The second-order valence-corrected chi connectivity index (χ2v) is 7.84. The molecule has 158 valence electrons. The third kappa shape index (κ3) is 3.55. The van der Waals surface area contributed by atoms with E-state index in [1.165, 1.54) is 30.5 Å². The van der Waals surface area contributed by atoms with Crippen LogP contribution in [0.3, 0.4) is 0 Å². The molecule has 0 aliphatic carbocycles. The molecule has 2 aromatic carbocycles. The first-order valence-electron chi connectivity index (χ1n) is 9.45. The Labute approximate surface area is 183 Å². The molecule has 3 aromatic rings. The highest BCUT2D eigenvalue weighted by molar-refractivity contribution is 7.14. The van der Waals surface area contributed by atoms with Gasteiger partial charge in [-0.3, -0.25) is 14.5 Å². The molecule has 1 aromatic heterocycles. The highest BCUT2D eigenvalue weighted by Gasteiger charge is 2.48. The van der Waals surface area contributed by atoms with Crippen LogP contribution in [0.25, 0.3) is 5.76 Å². The zero-order valence-electron chi connectivity index (χ0n) is 17.2. The molecule has 7 nitrogen and oxygen atoms in total. The molecule has 0 saturated carbocycles. The highest BCUT2D eigenvalue weighted by Crippen LogP contribution is 2.44.